The summed E-state index contributed by atoms with van der Waals surface area (Å²) in [5, 5.41) is 0. The van der Waals surface area contributed by atoms with Crippen molar-refractivity contribution in [2.75, 3.05) is 0 Å². The standard InChI is InChI=1S/C21H22N.C21H20.C20H20N.C19H18N/c1-15-10-11-19(16(2)12-15)21-13-20(17(3)14-22(21)4)18-8-6-5-7-9-18;1-15-9-12-20(17(3)13-15)21-14-19(11-10-16(21)2)18-7-5-4-6-8-18;1-15-9-12-20(21(3)14-15)19-11-10-18(13-16(19)2)17-7-5-4-6-8-17;1-15-14-17(16-8-4-3-5-9-16)11-12-18(15)19-10-6-7-13-20(19)2/h5-14H,1-4H3;2*4-14H,1-3H3;3-14H,1-2H3/q+1;;2*+1/i1D3,3D3;1D3;;. The number of nitrogens with zero attached hydrogens (tertiary/aromatic N) is 3. The van der Waals surface area contributed by atoms with Crippen LogP contribution in [0.15, 0.2) is 267 Å². The SMILES string of the molecule is Cc1cc(-c2ccccc2)ccc1-c1cccc[n+]1C.Cc1ccc(-c2ccc(-c3ccccc3)cc2C)[n+](C)c1.[2H]C([2H])([2H])c1ccc(-c2cc(-c3ccccc3)c(C([2H])([2H])[2H])c[n+]2C)c(C)c1.[2H]C([2H])([2H])c1ccc(-c2cc(-c3ccccc3)ccc2C)c(C)c1. The maximum atomic E-state index is 7.93. The van der Waals surface area contributed by atoms with Crippen molar-refractivity contribution in [1.82, 2.24) is 0 Å². The van der Waals surface area contributed by atoms with Gasteiger partial charge in [-0.05, 0) is 182 Å². The summed E-state index contributed by atoms with van der Waals surface area (Å²) in [7, 11) is 5.99. The van der Waals surface area contributed by atoms with Crippen molar-refractivity contribution < 1.29 is 26.0 Å². The third-order valence-electron chi connectivity index (χ3n) is 15.3. The molecule has 0 bridgehead atoms. The number of hydrogen-bond donors (Lipinski definition) is 0. The summed E-state index contributed by atoms with van der Waals surface area (Å²) in [6.07, 6.45) is 5.89. The number of aryl methyl sites for hydroxylation is 12. The Morgan fingerprint density at radius 2 is 0.655 bits per heavy atom. The predicted molar refractivity (Wildman–Crippen MR) is 355 cm³/mol. The quantitative estimate of drug-likeness (QED) is 0.134. The summed E-state index contributed by atoms with van der Waals surface area (Å²) in [6, 6.07) is 83.5. The van der Waals surface area contributed by atoms with Crippen molar-refractivity contribution in [2.45, 2.75) is 62.1 Å². The smallest absolute Gasteiger partial charge is 0.201 e. The lowest BCUT2D eigenvalue weighted by atomic mass is 9.92. The Bertz CT molecular complexity index is 4540. The molecule has 0 amide bonds. The number of benzene rings is 9. The number of pyridine rings is 3. The molecule has 84 heavy (non-hydrogen) atoms. The van der Waals surface area contributed by atoms with Crippen LogP contribution in [0.2, 0.25) is 0 Å². The summed E-state index contributed by atoms with van der Waals surface area (Å²) >= 11 is 0. The van der Waals surface area contributed by atoms with Crippen LogP contribution >= 0.6 is 0 Å². The van der Waals surface area contributed by atoms with E-state index in [-0.39, 0.29) is 5.56 Å². The molecule has 9 aromatic carbocycles. The molecule has 12 rings (SSSR count). The van der Waals surface area contributed by atoms with Gasteiger partial charge in [0.15, 0.2) is 18.6 Å². The Kier molecular flexibility index (Phi) is 15.7. The van der Waals surface area contributed by atoms with Crippen molar-refractivity contribution in [2.24, 2.45) is 21.1 Å². The molecule has 0 N–H and O–H groups in total. The summed E-state index contributed by atoms with van der Waals surface area (Å²) in [5.41, 5.74) is 25.7. The lowest BCUT2D eigenvalue weighted by molar-refractivity contribution is -0.660. The van der Waals surface area contributed by atoms with Gasteiger partial charge < -0.3 is 0 Å². The van der Waals surface area contributed by atoms with E-state index in [9.17, 15) is 0 Å². The van der Waals surface area contributed by atoms with E-state index in [2.05, 4.69) is 221 Å². The molecular formula is C81H80N3+3. The number of hydrogen-bond acceptors (Lipinski definition) is 0. The first kappa shape index (κ1) is 48.0. The molecule has 416 valence electrons. The third kappa shape index (κ3) is 14.5. The monoisotopic (exact) mass is 1100 g/mol. The number of rotatable bonds is 8. The molecule has 0 aliphatic rings. The van der Waals surface area contributed by atoms with Gasteiger partial charge in [0.05, 0.1) is 0 Å². The summed E-state index contributed by atoms with van der Waals surface area (Å²) in [5.74, 6) is 0. The van der Waals surface area contributed by atoms with Crippen LogP contribution < -0.4 is 13.7 Å². The molecule has 0 radical (unpaired) electrons. The Labute approximate surface area is 513 Å². The molecular weight excluding hydrogens is 1010 g/mol. The van der Waals surface area contributed by atoms with Crippen LogP contribution in [0, 0.1) is 62.1 Å². The zero-order chi connectivity index (χ0) is 66.8. The van der Waals surface area contributed by atoms with Gasteiger partial charge in [0, 0.05) is 64.4 Å². The zero-order valence-electron chi connectivity index (χ0n) is 58.7. The van der Waals surface area contributed by atoms with Crippen LogP contribution in [0.5, 0.6) is 0 Å². The highest BCUT2D eigenvalue weighted by Gasteiger charge is 2.18. The van der Waals surface area contributed by atoms with Crippen molar-refractivity contribution in [3.63, 3.8) is 0 Å². The topological polar surface area (TPSA) is 11.6 Å². The van der Waals surface area contributed by atoms with Gasteiger partial charge in [0.25, 0.3) is 0 Å². The van der Waals surface area contributed by atoms with Gasteiger partial charge in [-0.3, -0.25) is 0 Å². The Morgan fingerprint density at radius 1 is 0.238 bits per heavy atom. The molecule has 3 heterocycles. The molecule has 12 aromatic rings. The fraction of sp³-hybridized carbons (Fsp3) is 0.148. The fourth-order valence-corrected chi connectivity index (χ4v) is 10.8. The van der Waals surface area contributed by atoms with Gasteiger partial charge in [-0.15, -0.1) is 0 Å². The van der Waals surface area contributed by atoms with E-state index in [1.807, 2.05) is 74.5 Å². The maximum Gasteiger partial charge on any atom is 0.213 e. The van der Waals surface area contributed by atoms with E-state index in [0.29, 0.717) is 16.7 Å². The predicted octanol–water partition coefficient (Wildman–Crippen LogP) is 19.3. The summed E-state index contributed by atoms with van der Waals surface area (Å²) in [6.45, 7) is 5.92. The average Bonchev–Trinajstić information content (AvgIpc) is 0.811. The molecule has 0 atom stereocenters. The maximum absolute atomic E-state index is 7.93. The first-order valence-corrected chi connectivity index (χ1v) is 28.5. The summed E-state index contributed by atoms with van der Waals surface area (Å²) < 4.78 is 75.4. The van der Waals surface area contributed by atoms with E-state index in [1.54, 1.807) is 48.1 Å². The van der Waals surface area contributed by atoms with E-state index in [4.69, 9.17) is 12.3 Å². The van der Waals surface area contributed by atoms with E-state index >= 15 is 0 Å². The summed E-state index contributed by atoms with van der Waals surface area (Å²) in [4.78, 5) is 0. The number of aromatic nitrogens is 3. The van der Waals surface area contributed by atoms with Crippen LogP contribution in [-0.4, -0.2) is 0 Å². The minimum Gasteiger partial charge on any atom is -0.201 e. The third-order valence-corrected chi connectivity index (χ3v) is 15.3. The zero-order valence-corrected chi connectivity index (χ0v) is 49.7. The van der Waals surface area contributed by atoms with E-state index in [0.717, 1.165) is 44.6 Å². The highest BCUT2D eigenvalue weighted by Crippen LogP contribution is 2.33. The van der Waals surface area contributed by atoms with E-state index in [1.165, 1.54) is 72.6 Å². The largest absolute Gasteiger partial charge is 0.213 e. The van der Waals surface area contributed by atoms with Crippen LogP contribution in [0.3, 0.4) is 0 Å². The molecule has 0 spiro atoms. The van der Waals surface area contributed by atoms with Crippen molar-refractivity contribution in [3.05, 3.63) is 317 Å². The fourth-order valence-electron chi connectivity index (χ4n) is 10.8. The van der Waals surface area contributed by atoms with Crippen LogP contribution in [0.4, 0.5) is 0 Å². The van der Waals surface area contributed by atoms with Crippen LogP contribution in [0.25, 0.3) is 89.4 Å². The molecule has 3 aromatic heterocycles. The average molecular weight is 1100 g/mol. The Hall–Kier alpha value is -9.57. The molecule has 0 saturated carbocycles. The lowest BCUT2D eigenvalue weighted by Crippen LogP contribution is -2.31. The minimum atomic E-state index is -2.25. The lowest BCUT2D eigenvalue weighted by Gasteiger charge is -2.12. The highest BCUT2D eigenvalue weighted by atomic mass is 14.9. The first-order valence-electron chi connectivity index (χ1n) is 33.0. The van der Waals surface area contributed by atoms with Gasteiger partial charge in [-0.2, -0.15) is 0 Å². The molecule has 3 nitrogen and oxygen atoms in total. The molecule has 0 fully saturated rings. The second-order valence-corrected chi connectivity index (χ2v) is 21.6. The van der Waals surface area contributed by atoms with Gasteiger partial charge >= 0.3 is 0 Å². The Balaban J connectivity index is 0.000000147. The first-order chi connectivity index (χ1) is 44.2. The van der Waals surface area contributed by atoms with Gasteiger partial charge in [0.1, 0.15) is 21.1 Å². The molecule has 3 heteroatoms. The second-order valence-electron chi connectivity index (χ2n) is 21.6. The van der Waals surface area contributed by atoms with Crippen molar-refractivity contribution >= 4 is 0 Å². The van der Waals surface area contributed by atoms with Crippen LogP contribution in [-0.2, 0) is 21.1 Å². The Morgan fingerprint density at radius 3 is 1.13 bits per heavy atom. The second kappa shape index (κ2) is 27.5. The minimum absolute atomic E-state index is 0.279. The normalized spacial score (nSPS) is 12.7. The molecule has 0 aliphatic carbocycles. The van der Waals surface area contributed by atoms with Crippen LogP contribution in [0.1, 0.15) is 62.4 Å². The van der Waals surface area contributed by atoms with Gasteiger partial charge in [-0.25, -0.2) is 13.7 Å². The highest BCUT2D eigenvalue weighted by molar-refractivity contribution is 5.78. The molecule has 0 aliphatic heterocycles. The molecule has 0 saturated heterocycles. The van der Waals surface area contributed by atoms with E-state index < -0.39 is 20.6 Å². The van der Waals surface area contributed by atoms with Gasteiger partial charge in [-0.1, -0.05) is 199 Å². The van der Waals surface area contributed by atoms with Gasteiger partial charge in [0.2, 0.25) is 17.1 Å². The molecule has 0 unspecified atom stereocenters. The van der Waals surface area contributed by atoms with Crippen molar-refractivity contribution in [3.8, 4) is 89.4 Å². The van der Waals surface area contributed by atoms with Crippen molar-refractivity contribution in [1.29, 1.82) is 0 Å².